The number of halogens is 2. The van der Waals surface area contributed by atoms with Gasteiger partial charge in [-0.1, -0.05) is 0 Å². The standard InChI is InChI=1S/C17H25F2NO2S/c1-13(2)23(21,22)10-4-9-20-8-3-5-14(12-20)16-11-15(18)6-7-17(16)19/h6-7,11,13-14H,3-5,8-10,12H2,1-2H3. The van der Waals surface area contributed by atoms with Crippen molar-refractivity contribution in [3.8, 4) is 0 Å². The van der Waals surface area contributed by atoms with E-state index in [0.29, 0.717) is 25.1 Å². The van der Waals surface area contributed by atoms with Crippen LogP contribution in [-0.4, -0.2) is 44.0 Å². The topological polar surface area (TPSA) is 37.4 Å². The van der Waals surface area contributed by atoms with Crippen LogP contribution in [0.3, 0.4) is 0 Å². The Labute approximate surface area is 137 Å². The number of piperidine rings is 1. The molecule has 1 atom stereocenters. The molecule has 1 fully saturated rings. The number of sulfone groups is 1. The molecule has 0 N–H and O–H groups in total. The Morgan fingerprint density at radius 2 is 2.04 bits per heavy atom. The van der Waals surface area contributed by atoms with Crippen LogP contribution in [0, 0.1) is 11.6 Å². The third-order valence-electron chi connectivity index (χ3n) is 4.52. The molecule has 1 heterocycles. The molecule has 1 saturated heterocycles. The van der Waals surface area contributed by atoms with Gasteiger partial charge in [0.05, 0.1) is 11.0 Å². The van der Waals surface area contributed by atoms with E-state index in [0.717, 1.165) is 25.5 Å². The van der Waals surface area contributed by atoms with Crippen LogP contribution in [-0.2, 0) is 9.84 Å². The van der Waals surface area contributed by atoms with Gasteiger partial charge in [0.25, 0.3) is 0 Å². The Balaban J connectivity index is 1.92. The molecule has 1 aliphatic rings. The Kier molecular flexibility index (Phi) is 6.14. The number of likely N-dealkylation sites (tertiary alicyclic amines) is 1. The summed E-state index contributed by atoms with van der Waals surface area (Å²) in [6.07, 6.45) is 2.33. The molecule has 1 unspecified atom stereocenters. The molecule has 0 amide bonds. The van der Waals surface area contributed by atoms with Gasteiger partial charge >= 0.3 is 0 Å². The van der Waals surface area contributed by atoms with Gasteiger partial charge in [-0.15, -0.1) is 0 Å². The highest BCUT2D eigenvalue weighted by molar-refractivity contribution is 7.91. The first-order valence-corrected chi connectivity index (χ1v) is 9.90. The third-order valence-corrected chi connectivity index (χ3v) is 6.82. The van der Waals surface area contributed by atoms with Gasteiger partial charge in [-0.25, -0.2) is 17.2 Å². The fourth-order valence-corrected chi connectivity index (χ4v) is 4.07. The number of rotatable bonds is 6. The van der Waals surface area contributed by atoms with Crippen molar-refractivity contribution in [1.82, 2.24) is 4.90 Å². The van der Waals surface area contributed by atoms with Gasteiger partial charge in [0.15, 0.2) is 9.84 Å². The summed E-state index contributed by atoms with van der Waals surface area (Å²) in [6, 6.07) is 3.60. The molecule has 0 radical (unpaired) electrons. The van der Waals surface area contributed by atoms with Crippen molar-refractivity contribution in [3.05, 3.63) is 35.4 Å². The maximum atomic E-state index is 13.9. The van der Waals surface area contributed by atoms with E-state index in [4.69, 9.17) is 0 Å². The summed E-state index contributed by atoms with van der Waals surface area (Å²) in [4.78, 5) is 2.16. The van der Waals surface area contributed by atoms with Crippen LogP contribution in [0.15, 0.2) is 18.2 Å². The van der Waals surface area contributed by atoms with Gasteiger partial charge in [0.2, 0.25) is 0 Å². The average molecular weight is 345 g/mol. The maximum absolute atomic E-state index is 13.9. The van der Waals surface area contributed by atoms with E-state index < -0.39 is 15.7 Å². The van der Waals surface area contributed by atoms with Crippen molar-refractivity contribution in [1.29, 1.82) is 0 Å². The number of benzene rings is 1. The first-order valence-electron chi connectivity index (χ1n) is 8.18. The molecule has 3 nitrogen and oxygen atoms in total. The smallest absolute Gasteiger partial charge is 0.152 e. The fraction of sp³-hybridized carbons (Fsp3) is 0.647. The summed E-state index contributed by atoms with van der Waals surface area (Å²) in [5, 5.41) is -0.349. The van der Waals surface area contributed by atoms with Gasteiger partial charge in [0, 0.05) is 6.54 Å². The Morgan fingerprint density at radius 1 is 1.30 bits per heavy atom. The van der Waals surface area contributed by atoms with Gasteiger partial charge in [-0.3, -0.25) is 0 Å². The molecule has 0 aromatic heterocycles. The maximum Gasteiger partial charge on any atom is 0.152 e. The minimum atomic E-state index is -3.01. The van der Waals surface area contributed by atoms with Crippen molar-refractivity contribution < 1.29 is 17.2 Å². The molecule has 0 saturated carbocycles. The van der Waals surface area contributed by atoms with Crippen LogP contribution in [0.2, 0.25) is 0 Å². The molecule has 0 spiro atoms. The second kappa shape index (κ2) is 7.71. The van der Waals surface area contributed by atoms with Crippen LogP contribution in [0.4, 0.5) is 8.78 Å². The Morgan fingerprint density at radius 3 is 2.74 bits per heavy atom. The highest BCUT2D eigenvalue weighted by atomic mass is 32.2. The molecule has 23 heavy (non-hydrogen) atoms. The minimum Gasteiger partial charge on any atom is -0.303 e. The van der Waals surface area contributed by atoms with Crippen LogP contribution in [0.1, 0.15) is 44.6 Å². The molecule has 6 heteroatoms. The van der Waals surface area contributed by atoms with E-state index in [-0.39, 0.29) is 22.7 Å². The van der Waals surface area contributed by atoms with E-state index in [1.54, 1.807) is 13.8 Å². The van der Waals surface area contributed by atoms with Crippen LogP contribution < -0.4 is 0 Å². The van der Waals surface area contributed by atoms with Crippen LogP contribution in [0.25, 0.3) is 0 Å². The monoisotopic (exact) mass is 345 g/mol. The second-order valence-electron chi connectivity index (χ2n) is 6.57. The number of hydrogen-bond acceptors (Lipinski definition) is 3. The molecule has 1 aliphatic heterocycles. The molecule has 130 valence electrons. The zero-order valence-electron chi connectivity index (χ0n) is 13.8. The first-order chi connectivity index (χ1) is 10.8. The number of hydrogen-bond donors (Lipinski definition) is 0. The van der Waals surface area contributed by atoms with Gasteiger partial charge in [-0.2, -0.15) is 0 Å². The van der Waals surface area contributed by atoms with Gasteiger partial charge in [0.1, 0.15) is 11.6 Å². The van der Waals surface area contributed by atoms with E-state index in [1.165, 1.54) is 12.1 Å². The lowest BCUT2D eigenvalue weighted by Gasteiger charge is -2.33. The van der Waals surface area contributed by atoms with E-state index in [2.05, 4.69) is 4.90 Å². The zero-order valence-corrected chi connectivity index (χ0v) is 14.6. The minimum absolute atomic E-state index is 0.0267. The van der Waals surface area contributed by atoms with E-state index >= 15 is 0 Å². The summed E-state index contributed by atoms with van der Waals surface area (Å²) in [6.45, 7) is 5.61. The predicted octanol–water partition coefficient (Wildman–Crippen LogP) is 3.36. The summed E-state index contributed by atoms with van der Waals surface area (Å²) >= 11 is 0. The zero-order chi connectivity index (χ0) is 17.0. The predicted molar refractivity (Wildman–Crippen MR) is 88.3 cm³/mol. The molecular weight excluding hydrogens is 320 g/mol. The van der Waals surface area contributed by atoms with E-state index in [9.17, 15) is 17.2 Å². The van der Waals surface area contributed by atoms with Crippen molar-refractivity contribution in [2.45, 2.75) is 44.3 Å². The summed E-state index contributed by atoms with van der Waals surface area (Å²) in [5.41, 5.74) is 0.435. The third kappa shape index (κ3) is 4.98. The summed E-state index contributed by atoms with van der Waals surface area (Å²) < 4.78 is 50.9. The molecular formula is C17H25F2NO2S. The normalized spacial score (nSPS) is 20.1. The lowest BCUT2D eigenvalue weighted by atomic mass is 9.90. The molecule has 1 aromatic carbocycles. The molecule has 2 rings (SSSR count). The second-order valence-corrected chi connectivity index (χ2v) is 9.25. The van der Waals surface area contributed by atoms with Gasteiger partial charge < -0.3 is 4.90 Å². The van der Waals surface area contributed by atoms with Crippen LogP contribution >= 0.6 is 0 Å². The average Bonchev–Trinajstić information content (AvgIpc) is 2.49. The Hall–Kier alpha value is -1.01. The fourth-order valence-electron chi connectivity index (χ4n) is 3.06. The van der Waals surface area contributed by atoms with Crippen LogP contribution in [0.5, 0.6) is 0 Å². The first kappa shape index (κ1) is 18.3. The summed E-state index contributed by atoms with van der Waals surface area (Å²) in [5.74, 6) is -0.622. The summed E-state index contributed by atoms with van der Waals surface area (Å²) in [7, 11) is -3.01. The van der Waals surface area contributed by atoms with Crippen molar-refractivity contribution in [2.75, 3.05) is 25.4 Å². The largest absolute Gasteiger partial charge is 0.303 e. The quantitative estimate of drug-likeness (QED) is 0.793. The molecule has 0 aliphatic carbocycles. The SMILES string of the molecule is CC(C)S(=O)(=O)CCCN1CCCC(c2cc(F)ccc2F)C1. The van der Waals surface area contributed by atoms with Crippen molar-refractivity contribution in [2.24, 2.45) is 0 Å². The van der Waals surface area contributed by atoms with E-state index in [1.807, 2.05) is 0 Å². The van der Waals surface area contributed by atoms with Crippen molar-refractivity contribution in [3.63, 3.8) is 0 Å². The Bertz CT molecular complexity index is 631. The van der Waals surface area contributed by atoms with Crippen molar-refractivity contribution >= 4 is 9.84 Å². The molecule has 1 aromatic rings. The lowest BCUT2D eigenvalue weighted by Crippen LogP contribution is -2.36. The highest BCUT2D eigenvalue weighted by Gasteiger charge is 2.24. The van der Waals surface area contributed by atoms with Gasteiger partial charge in [-0.05, 0) is 75.9 Å². The lowest BCUT2D eigenvalue weighted by molar-refractivity contribution is 0.206. The number of nitrogens with zero attached hydrogens (tertiary/aromatic N) is 1. The highest BCUT2D eigenvalue weighted by Crippen LogP contribution is 2.29. The molecule has 0 bridgehead atoms.